The zero-order chi connectivity index (χ0) is 21.3. The van der Waals surface area contributed by atoms with Gasteiger partial charge in [0.1, 0.15) is 6.04 Å². The predicted molar refractivity (Wildman–Crippen MR) is 114 cm³/mol. The summed E-state index contributed by atoms with van der Waals surface area (Å²) in [5.41, 5.74) is 1.93. The molecule has 1 N–H and O–H groups in total. The molecule has 3 unspecified atom stereocenters. The highest BCUT2D eigenvalue weighted by molar-refractivity contribution is 7.10. The summed E-state index contributed by atoms with van der Waals surface area (Å²) in [4.78, 5) is 33.2. The summed E-state index contributed by atoms with van der Waals surface area (Å²) < 4.78 is 5.19. The number of nitrogens with zero attached hydrogens (tertiary/aromatic N) is 3. The number of aryl methyl sites for hydroxylation is 2. The van der Waals surface area contributed by atoms with Crippen molar-refractivity contribution in [3.63, 3.8) is 0 Å². The average Bonchev–Trinajstić information content (AvgIpc) is 3.40. The van der Waals surface area contributed by atoms with Crippen LogP contribution in [-0.4, -0.2) is 22.0 Å². The van der Waals surface area contributed by atoms with Crippen molar-refractivity contribution in [1.29, 1.82) is 0 Å². The molecule has 3 heterocycles. The van der Waals surface area contributed by atoms with Gasteiger partial charge in [0.25, 0.3) is 0 Å². The van der Waals surface area contributed by atoms with Crippen LogP contribution >= 0.6 is 11.3 Å². The standard InChI is InChI=1S/C22H24N4O3S/c1-13-6-8-16(9-7-13)26-19(27)11-10-17(20(26)18-5-4-12-30-18)21(28)23-14(2)22-24-15(3)25-29-22/h4-9,12,14,17,20H,10-11H2,1-3H3,(H,23,28). The van der Waals surface area contributed by atoms with Gasteiger partial charge < -0.3 is 14.7 Å². The summed E-state index contributed by atoms with van der Waals surface area (Å²) in [6, 6.07) is 11.0. The summed E-state index contributed by atoms with van der Waals surface area (Å²) >= 11 is 1.56. The third-order valence-electron chi connectivity index (χ3n) is 5.35. The number of rotatable bonds is 5. The van der Waals surface area contributed by atoms with Gasteiger partial charge in [0.05, 0.1) is 12.0 Å². The molecule has 0 spiro atoms. The van der Waals surface area contributed by atoms with Gasteiger partial charge in [0.15, 0.2) is 5.82 Å². The number of thiophene rings is 1. The number of nitrogens with one attached hydrogen (secondary N) is 1. The lowest BCUT2D eigenvalue weighted by Crippen LogP contribution is -2.48. The summed E-state index contributed by atoms with van der Waals surface area (Å²) in [5.74, 6) is 0.421. The molecular formula is C22H24N4O3S. The van der Waals surface area contributed by atoms with Crippen molar-refractivity contribution in [2.45, 2.75) is 45.7 Å². The first-order valence-corrected chi connectivity index (χ1v) is 10.8. The lowest BCUT2D eigenvalue weighted by Gasteiger charge is -2.40. The zero-order valence-corrected chi connectivity index (χ0v) is 18.0. The van der Waals surface area contributed by atoms with E-state index in [2.05, 4.69) is 15.5 Å². The molecule has 1 saturated heterocycles. The second-order valence-electron chi connectivity index (χ2n) is 7.61. The molecule has 0 aliphatic carbocycles. The Kier molecular flexibility index (Phi) is 5.67. The van der Waals surface area contributed by atoms with Crippen LogP contribution in [0.5, 0.6) is 0 Å². The number of hydrogen-bond donors (Lipinski definition) is 1. The van der Waals surface area contributed by atoms with Gasteiger partial charge in [-0.15, -0.1) is 11.3 Å². The predicted octanol–water partition coefficient (Wildman–Crippen LogP) is 4.11. The maximum absolute atomic E-state index is 13.3. The van der Waals surface area contributed by atoms with Gasteiger partial charge in [0.2, 0.25) is 17.7 Å². The number of carbonyl (C=O) groups is 2. The van der Waals surface area contributed by atoms with Crippen LogP contribution in [0.15, 0.2) is 46.3 Å². The largest absolute Gasteiger partial charge is 0.344 e. The Morgan fingerprint density at radius 2 is 2.03 bits per heavy atom. The van der Waals surface area contributed by atoms with Gasteiger partial charge in [-0.3, -0.25) is 9.59 Å². The van der Waals surface area contributed by atoms with E-state index in [1.165, 1.54) is 0 Å². The van der Waals surface area contributed by atoms with Crippen LogP contribution in [0.1, 0.15) is 54.0 Å². The fourth-order valence-corrected chi connectivity index (χ4v) is 4.71. The molecule has 1 aliphatic heterocycles. The van der Waals surface area contributed by atoms with Gasteiger partial charge in [-0.25, -0.2) is 0 Å². The van der Waals surface area contributed by atoms with Crippen LogP contribution in [-0.2, 0) is 9.59 Å². The third-order valence-corrected chi connectivity index (χ3v) is 6.30. The Morgan fingerprint density at radius 3 is 2.67 bits per heavy atom. The highest BCUT2D eigenvalue weighted by Crippen LogP contribution is 2.41. The minimum Gasteiger partial charge on any atom is -0.344 e. The molecule has 0 bridgehead atoms. The molecule has 3 atom stereocenters. The normalized spacial score (nSPS) is 20.2. The molecular weight excluding hydrogens is 400 g/mol. The van der Waals surface area contributed by atoms with Crippen LogP contribution in [0, 0.1) is 19.8 Å². The van der Waals surface area contributed by atoms with Crippen LogP contribution in [0.25, 0.3) is 0 Å². The number of hydrogen-bond acceptors (Lipinski definition) is 6. The molecule has 156 valence electrons. The molecule has 1 aliphatic rings. The smallest absolute Gasteiger partial charge is 0.248 e. The maximum Gasteiger partial charge on any atom is 0.248 e. The fraction of sp³-hybridized carbons (Fsp3) is 0.364. The molecule has 30 heavy (non-hydrogen) atoms. The van der Waals surface area contributed by atoms with Crippen LogP contribution in [0.4, 0.5) is 5.69 Å². The van der Waals surface area contributed by atoms with E-state index in [4.69, 9.17) is 4.52 Å². The summed E-state index contributed by atoms with van der Waals surface area (Å²) in [5, 5.41) is 8.76. The maximum atomic E-state index is 13.3. The van der Waals surface area contributed by atoms with E-state index in [1.54, 1.807) is 23.2 Å². The van der Waals surface area contributed by atoms with E-state index >= 15 is 0 Å². The second kappa shape index (κ2) is 8.39. The minimum atomic E-state index is -0.409. The first-order chi connectivity index (χ1) is 14.4. The number of anilines is 1. The lowest BCUT2D eigenvalue weighted by atomic mass is 9.86. The number of aromatic nitrogens is 2. The second-order valence-corrected chi connectivity index (χ2v) is 8.59. The number of benzene rings is 1. The van der Waals surface area contributed by atoms with Crippen molar-refractivity contribution >= 4 is 28.8 Å². The molecule has 0 saturated carbocycles. The number of carbonyl (C=O) groups excluding carboxylic acids is 2. The van der Waals surface area contributed by atoms with Crippen molar-refractivity contribution < 1.29 is 14.1 Å². The molecule has 4 rings (SSSR count). The topological polar surface area (TPSA) is 88.3 Å². The van der Waals surface area contributed by atoms with E-state index in [9.17, 15) is 9.59 Å². The van der Waals surface area contributed by atoms with Crippen molar-refractivity contribution in [3.05, 3.63) is 63.9 Å². The molecule has 2 amide bonds. The SMILES string of the molecule is Cc1ccc(N2C(=O)CCC(C(=O)NC(C)c3nc(C)no3)C2c2cccs2)cc1. The van der Waals surface area contributed by atoms with Crippen molar-refractivity contribution in [2.75, 3.05) is 4.90 Å². The van der Waals surface area contributed by atoms with E-state index in [0.717, 1.165) is 16.1 Å². The van der Waals surface area contributed by atoms with Gasteiger partial charge >= 0.3 is 0 Å². The van der Waals surface area contributed by atoms with Crippen LogP contribution < -0.4 is 10.2 Å². The number of amides is 2. The van der Waals surface area contributed by atoms with Crippen molar-refractivity contribution in [1.82, 2.24) is 15.5 Å². The molecule has 1 aromatic carbocycles. The highest BCUT2D eigenvalue weighted by Gasteiger charge is 2.42. The summed E-state index contributed by atoms with van der Waals surface area (Å²) in [7, 11) is 0. The molecule has 1 fully saturated rings. The Morgan fingerprint density at radius 1 is 1.27 bits per heavy atom. The average molecular weight is 425 g/mol. The highest BCUT2D eigenvalue weighted by atomic mass is 32.1. The van der Waals surface area contributed by atoms with Crippen LogP contribution in [0.3, 0.4) is 0 Å². The van der Waals surface area contributed by atoms with E-state index in [-0.39, 0.29) is 23.8 Å². The Hall–Kier alpha value is -3.00. The minimum absolute atomic E-state index is 0.0295. The molecule has 0 radical (unpaired) electrons. The van der Waals surface area contributed by atoms with E-state index in [1.807, 2.05) is 55.6 Å². The van der Waals surface area contributed by atoms with Gasteiger partial charge in [-0.05, 0) is 50.8 Å². The van der Waals surface area contributed by atoms with Gasteiger partial charge in [-0.1, -0.05) is 28.9 Å². The van der Waals surface area contributed by atoms with Gasteiger partial charge in [-0.2, -0.15) is 4.98 Å². The molecule has 7 nitrogen and oxygen atoms in total. The van der Waals surface area contributed by atoms with Crippen LogP contribution in [0.2, 0.25) is 0 Å². The Balaban J connectivity index is 1.65. The summed E-state index contributed by atoms with van der Waals surface area (Å²) in [6.45, 7) is 5.56. The van der Waals surface area contributed by atoms with Crippen molar-refractivity contribution in [2.24, 2.45) is 5.92 Å². The molecule has 8 heteroatoms. The monoisotopic (exact) mass is 424 g/mol. The number of piperidine rings is 1. The Labute approximate surface area is 179 Å². The first-order valence-electron chi connectivity index (χ1n) is 9.96. The Bertz CT molecular complexity index is 1030. The third kappa shape index (κ3) is 4.00. The quantitative estimate of drug-likeness (QED) is 0.666. The lowest BCUT2D eigenvalue weighted by molar-refractivity contribution is -0.129. The van der Waals surface area contributed by atoms with Gasteiger partial charge in [0, 0.05) is 17.0 Å². The van der Waals surface area contributed by atoms with E-state index in [0.29, 0.717) is 24.6 Å². The molecule has 3 aromatic rings. The zero-order valence-electron chi connectivity index (χ0n) is 17.2. The first kappa shape index (κ1) is 20.3. The summed E-state index contributed by atoms with van der Waals surface area (Å²) in [6.07, 6.45) is 0.813. The molecule has 2 aromatic heterocycles. The fourth-order valence-electron chi connectivity index (χ4n) is 3.83. The van der Waals surface area contributed by atoms with E-state index < -0.39 is 6.04 Å². The van der Waals surface area contributed by atoms with Crippen molar-refractivity contribution in [3.8, 4) is 0 Å².